The van der Waals surface area contributed by atoms with Crippen molar-refractivity contribution in [2.24, 2.45) is 0 Å². The molecule has 0 amide bonds. The van der Waals surface area contributed by atoms with Crippen LogP contribution in [0.1, 0.15) is 37.2 Å². The van der Waals surface area contributed by atoms with Gasteiger partial charge in [0.05, 0.1) is 18.7 Å². The zero-order valence-electron chi connectivity index (χ0n) is 15.8. The van der Waals surface area contributed by atoms with Gasteiger partial charge in [0.2, 0.25) is 0 Å². The van der Waals surface area contributed by atoms with Crippen molar-refractivity contribution in [3.63, 3.8) is 0 Å². The number of piperazine rings is 1. The fraction of sp³-hybridized carbons (Fsp3) is 0.632. The van der Waals surface area contributed by atoms with Gasteiger partial charge in [0, 0.05) is 32.8 Å². The number of aromatic nitrogens is 4. The van der Waals surface area contributed by atoms with E-state index < -0.39 is 0 Å². The molecule has 0 radical (unpaired) electrons. The molecule has 1 aromatic carbocycles. The molecule has 146 valence electrons. The van der Waals surface area contributed by atoms with Gasteiger partial charge in [-0.3, -0.25) is 4.90 Å². The van der Waals surface area contributed by atoms with Crippen LogP contribution in [-0.4, -0.2) is 75.4 Å². The van der Waals surface area contributed by atoms with Crippen molar-refractivity contribution in [3.05, 3.63) is 41.5 Å². The Balaban J connectivity index is 1.62. The first-order valence-corrected chi connectivity index (χ1v) is 9.84. The molecule has 2 atom stereocenters. The molecule has 0 unspecified atom stereocenters. The Morgan fingerprint density at radius 2 is 1.96 bits per heavy atom. The highest BCUT2D eigenvalue weighted by molar-refractivity contribution is 5.25. The summed E-state index contributed by atoms with van der Waals surface area (Å²) in [5.74, 6) is 0.578. The Labute approximate surface area is 159 Å². The molecule has 27 heavy (non-hydrogen) atoms. The summed E-state index contributed by atoms with van der Waals surface area (Å²) in [6.07, 6.45) is 2.29. The quantitative estimate of drug-likeness (QED) is 0.767. The Morgan fingerprint density at radius 1 is 1.19 bits per heavy atom. The smallest absolute Gasteiger partial charge is 0.173 e. The van der Waals surface area contributed by atoms with E-state index in [4.69, 9.17) is 4.74 Å². The molecule has 0 aliphatic carbocycles. The van der Waals surface area contributed by atoms with Gasteiger partial charge in [0.25, 0.3) is 0 Å². The van der Waals surface area contributed by atoms with E-state index in [0.717, 1.165) is 63.6 Å². The molecule has 8 heteroatoms. The summed E-state index contributed by atoms with van der Waals surface area (Å²) in [7, 11) is 0. The third-order valence-corrected chi connectivity index (χ3v) is 5.61. The van der Waals surface area contributed by atoms with E-state index >= 15 is 0 Å². The van der Waals surface area contributed by atoms with E-state index in [1.807, 2.05) is 16.8 Å². The lowest BCUT2D eigenvalue weighted by atomic mass is 10.0. The molecule has 0 saturated carbocycles. The zero-order chi connectivity index (χ0) is 18.6. The second-order valence-corrected chi connectivity index (χ2v) is 7.28. The lowest BCUT2D eigenvalue weighted by Crippen LogP contribution is -2.48. The van der Waals surface area contributed by atoms with Gasteiger partial charge in [-0.15, -0.1) is 5.10 Å². The van der Waals surface area contributed by atoms with Crippen LogP contribution in [0, 0.1) is 5.82 Å². The van der Waals surface area contributed by atoms with Gasteiger partial charge < -0.3 is 9.64 Å². The van der Waals surface area contributed by atoms with Crippen LogP contribution in [0.5, 0.6) is 0 Å². The molecular weight excluding hydrogens is 347 g/mol. The van der Waals surface area contributed by atoms with E-state index in [0.29, 0.717) is 6.54 Å². The Hall–Kier alpha value is -1.90. The summed E-state index contributed by atoms with van der Waals surface area (Å²) in [4.78, 5) is 4.84. The van der Waals surface area contributed by atoms with E-state index in [1.54, 1.807) is 0 Å². The molecule has 2 fully saturated rings. The maximum absolute atomic E-state index is 13.5. The average molecular weight is 374 g/mol. The van der Waals surface area contributed by atoms with Crippen LogP contribution in [0.4, 0.5) is 4.39 Å². The van der Waals surface area contributed by atoms with Gasteiger partial charge in [0.15, 0.2) is 5.82 Å². The number of benzene rings is 1. The van der Waals surface area contributed by atoms with Crippen LogP contribution in [0.3, 0.4) is 0 Å². The lowest BCUT2D eigenvalue weighted by Gasteiger charge is -2.38. The summed E-state index contributed by atoms with van der Waals surface area (Å²) in [5, 5.41) is 12.6. The van der Waals surface area contributed by atoms with Crippen LogP contribution in [0.2, 0.25) is 0 Å². The summed E-state index contributed by atoms with van der Waals surface area (Å²) in [5.41, 5.74) is 1.02. The molecule has 2 aliphatic rings. The van der Waals surface area contributed by atoms with E-state index in [2.05, 4.69) is 32.2 Å². The minimum Gasteiger partial charge on any atom is -0.376 e. The Bertz CT molecular complexity index is 722. The number of likely N-dealkylation sites (N-methyl/N-ethyl adjacent to an activating group) is 1. The first-order valence-electron chi connectivity index (χ1n) is 9.84. The number of rotatable bonds is 6. The minimum absolute atomic E-state index is 0.0824. The van der Waals surface area contributed by atoms with E-state index in [1.165, 1.54) is 12.1 Å². The molecule has 1 aromatic heterocycles. The Morgan fingerprint density at radius 3 is 2.63 bits per heavy atom. The van der Waals surface area contributed by atoms with Gasteiger partial charge in [-0.05, 0) is 47.5 Å². The molecule has 0 bridgehead atoms. The third-order valence-electron chi connectivity index (χ3n) is 5.61. The molecule has 2 aliphatic heterocycles. The van der Waals surface area contributed by atoms with Gasteiger partial charge in [-0.2, -0.15) is 0 Å². The predicted molar refractivity (Wildman–Crippen MR) is 98.7 cm³/mol. The number of ether oxygens (including phenoxy) is 1. The molecule has 4 rings (SSSR count). The molecule has 0 spiro atoms. The lowest BCUT2D eigenvalue weighted by molar-refractivity contribution is 0.0861. The highest BCUT2D eigenvalue weighted by Gasteiger charge is 2.31. The molecule has 7 nitrogen and oxygen atoms in total. The SMILES string of the molecule is CCN1CCN([C@H](c2ccc(F)cc2)c2nnnn2C[C@@H]2CCCO2)CC1. The van der Waals surface area contributed by atoms with Crippen LogP contribution in [0.25, 0.3) is 0 Å². The topological polar surface area (TPSA) is 59.3 Å². The second kappa shape index (κ2) is 8.41. The highest BCUT2D eigenvalue weighted by atomic mass is 19.1. The summed E-state index contributed by atoms with van der Waals surface area (Å²) in [6.45, 7) is 8.62. The first kappa shape index (κ1) is 18.5. The second-order valence-electron chi connectivity index (χ2n) is 7.28. The zero-order valence-corrected chi connectivity index (χ0v) is 15.8. The van der Waals surface area contributed by atoms with Crippen molar-refractivity contribution >= 4 is 0 Å². The number of hydrogen-bond acceptors (Lipinski definition) is 6. The standard InChI is InChI=1S/C19H27FN6O/c1-2-24-9-11-25(12-10-24)18(15-5-7-16(20)8-6-15)19-21-22-23-26(19)14-17-4-3-13-27-17/h5-8,17-18H,2-4,9-14H2,1H3/t17-,18+/m0/s1. The molecule has 3 heterocycles. The summed E-state index contributed by atoms with van der Waals surface area (Å²) in [6, 6.07) is 6.63. The molecule has 0 N–H and O–H groups in total. The maximum Gasteiger partial charge on any atom is 0.173 e. The Kier molecular flexibility index (Phi) is 5.75. The van der Waals surface area contributed by atoms with Crippen molar-refractivity contribution in [3.8, 4) is 0 Å². The third kappa shape index (κ3) is 4.17. The van der Waals surface area contributed by atoms with Crippen molar-refractivity contribution in [2.75, 3.05) is 39.3 Å². The summed E-state index contributed by atoms with van der Waals surface area (Å²) < 4.78 is 21.1. The molecule has 2 aromatic rings. The number of halogens is 1. The van der Waals surface area contributed by atoms with Gasteiger partial charge in [-0.25, -0.2) is 9.07 Å². The highest BCUT2D eigenvalue weighted by Crippen LogP contribution is 2.29. The van der Waals surface area contributed by atoms with E-state index in [9.17, 15) is 4.39 Å². The van der Waals surface area contributed by atoms with Crippen molar-refractivity contribution < 1.29 is 9.13 Å². The van der Waals surface area contributed by atoms with Crippen LogP contribution >= 0.6 is 0 Å². The minimum atomic E-state index is -0.229. The largest absolute Gasteiger partial charge is 0.376 e. The number of nitrogens with zero attached hydrogens (tertiary/aromatic N) is 6. The van der Waals surface area contributed by atoms with Gasteiger partial charge in [-0.1, -0.05) is 19.1 Å². The van der Waals surface area contributed by atoms with Gasteiger partial charge in [0.1, 0.15) is 5.82 Å². The average Bonchev–Trinajstić information content (AvgIpc) is 3.37. The molecular formula is C19H27FN6O. The number of hydrogen-bond donors (Lipinski definition) is 0. The molecule has 2 saturated heterocycles. The van der Waals surface area contributed by atoms with Crippen LogP contribution < -0.4 is 0 Å². The van der Waals surface area contributed by atoms with Crippen LogP contribution in [-0.2, 0) is 11.3 Å². The van der Waals surface area contributed by atoms with Crippen molar-refractivity contribution in [1.29, 1.82) is 0 Å². The fourth-order valence-corrected chi connectivity index (χ4v) is 4.02. The fourth-order valence-electron chi connectivity index (χ4n) is 4.02. The van der Waals surface area contributed by atoms with Crippen molar-refractivity contribution in [1.82, 2.24) is 30.0 Å². The van der Waals surface area contributed by atoms with Crippen LogP contribution in [0.15, 0.2) is 24.3 Å². The predicted octanol–water partition coefficient (Wildman–Crippen LogP) is 1.72. The van der Waals surface area contributed by atoms with Gasteiger partial charge >= 0.3 is 0 Å². The monoisotopic (exact) mass is 374 g/mol. The van der Waals surface area contributed by atoms with E-state index in [-0.39, 0.29) is 18.0 Å². The summed E-state index contributed by atoms with van der Waals surface area (Å²) >= 11 is 0. The maximum atomic E-state index is 13.5. The number of tetrazole rings is 1. The van der Waals surface area contributed by atoms with Crippen molar-refractivity contribution in [2.45, 2.75) is 38.5 Å². The normalized spacial score (nSPS) is 23.0. The first-order chi connectivity index (χ1) is 13.2.